The Balaban J connectivity index is 2.17. The van der Waals surface area contributed by atoms with Crippen molar-refractivity contribution in [1.82, 2.24) is 10.3 Å². The SMILES string of the molecule is CNc1cnccc1C(=O)NCCCCOCCOC. The third kappa shape index (κ3) is 5.99. The minimum Gasteiger partial charge on any atom is -0.386 e. The molecule has 2 N–H and O–H groups in total. The summed E-state index contributed by atoms with van der Waals surface area (Å²) < 4.78 is 10.2. The van der Waals surface area contributed by atoms with Crippen LogP contribution in [-0.4, -0.2) is 51.4 Å². The molecular weight excluding hydrogens is 258 g/mol. The summed E-state index contributed by atoms with van der Waals surface area (Å²) in [6, 6.07) is 1.70. The van der Waals surface area contributed by atoms with Gasteiger partial charge in [-0.05, 0) is 18.9 Å². The quantitative estimate of drug-likeness (QED) is 0.632. The average molecular weight is 281 g/mol. The van der Waals surface area contributed by atoms with Gasteiger partial charge in [0.25, 0.3) is 5.91 Å². The first-order valence-electron chi connectivity index (χ1n) is 6.76. The second-order valence-corrected chi connectivity index (χ2v) is 4.24. The van der Waals surface area contributed by atoms with Gasteiger partial charge >= 0.3 is 0 Å². The predicted octanol–water partition coefficient (Wildman–Crippen LogP) is 1.30. The third-order valence-corrected chi connectivity index (χ3v) is 2.77. The fourth-order valence-corrected chi connectivity index (χ4v) is 1.66. The van der Waals surface area contributed by atoms with E-state index in [4.69, 9.17) is 9.47 Å². The number of pyridine rings is 1. The highest BCUT2D eigenvalue weighted by atomic mass is 16.5. The van der Waals surface area contributed by atoms with Gasteiger partial charge in [0.05, 0.1) is 30.7 Å². The maximum Gasteiger partial charge on any atom is 0.253 e. The van der Waals surface area contributed by atoms with Crippen LogP contribution in [0.15, 0.2) is 18.5 Å². The molecule has 1 rings (SSSR count). The van der Waals surface area contributed by atoms with E-state index >= 15 is 0 Å². The molecule has 1 heterocycles. The monoisotopic (exact) mass is 281 g/mol. The number of nitrogens with one attached hydrogen (secondary N) is 2. The van der Waals surface area contributed by atoms with Crippen molar-refractivity contribution in [1.29, 1.82) is 0 Å². The van der Waals surface area contributed by atoms with Crippen LogP contribution in [0.1, 0.15) is 23.2 Å². The van der Waals surface area contributed by atoms with Crippen LogP contribution in [0.2, 0.25) is 0 Å². The molecule has 0 spiro atoms. The standard InChI is InChI=1S/C14H23N3O3/c1-15-13-11-16-7-5-12(13)14(18)17-6-3-4-8-20-10-9-19-2/h5,7,11,15H,3-4,6,8-10H2,1-2H3,(H,17,18). The Hall–Kier alpha value is -1.66. The van der Waals surface area contributed by atoms with E-state index in [0.29, 0.717) is 31.9 Å². The summed E-state index contributed by atoms with van der Waals surface area (Å²) in [5.74, 6) is -0.0861. The fraction of sp³-hybridized carbons (Fsp3) is 0.571. The molecule has 0 saturated carbocycles. The van der Waals surface area contributed by atoms with Gasteiger partial charge in [0.2, 0.25) is 0 Å². The zero-order valence-corrected chi connectivity index (χ0v) is 12.1. The number of anilines is 1. The van der Waals surface area contributed by atoms with Gasteiger partial charge in [-0.1, -0.05) is 0 Å². The van der Waals surface area contributed by atoms with Gasteiger partial charge in [-0.25, -0.2) is 0 Å². The van der Waals surface area contributed by atoms with Crippen molar-refractivity contribution >= 4 is 11.6 Å². The number of unbranched alkanes of at least 4 members (excludes halogenated alkanes) is 1. The fourth-order valence-electron chi connectivity index (χ4n) is 1.66. The topological polar surface area (TPSA) is 72.5 Å². The Bertz CT molecular complexity index is 399. The van der Waals surface area contributed by atoms with Crippen LogP contribution in [-0.2, 0) is 9.47 Å². The van der Waals surface area contributed by atoms with Crippen molar-refractivity contribution in [3.05, 3.63) is 24.0 Å². The maximum absolute atomic E-state index is 12.0. The van der Waals surface area contributed by atoms with Gasteiger partial charge in [-0.2, -0.15) is 0 Å². The number of carbonyl (C=O) groups excluding carboxylic acids is 1. The predicted molar refractivity (Wildman–Crippen MR) is 78.0 cm³/mol. The molecule has 0 aliphatic rings. The molecule has 20 heavy (non-hydrogen) atoms. The third-order valence-electron chi connectivity index (χ3n) is 2.77. The van der Waals surface area contributed by atoms with Crippen LogP contribution in [0, 0.1) is 0 Å². The number of hydrogen-bond acceptors (Lipinski definition) is 5. The van der Waals surface area contributed by atoms with Crippen molar-refractivity contribution in [2.75, 3.05) is 45.8 Å². The lowest BCUT2D eigenvalue weighted by Gasteiger charge is -2.09. The lowest BCUT2D eigenvalue weighted by Crippen LogP contribution is -2.25. The second-order valence-electron chi connectivity index (χ2n) is 4.24. The average Bonchev–Trinajstić information content (AvgIpc) is 2.49. The van der Waals surface area contributed by atoms with Crippen molar-refractivity contribution < 1.29 is 14.3 Å². The summed E-state index contributed by atoms with van der Waals surface area (Å²) in [5.41, 5.74) is 1.34. The molecular formula is C14H23N3O3. The van der Waals surface area contributed by atoms with Crippen molar-refractivity contribution in [2.24, 2.45) is 0 Å². The van der Waals surface area contributed by atoms with E-state index in [2.05, 4.69) is 15.6 Å². The highest BCUT2D eigenvalue weighted by Gasteiger charge is 2.09. The first-order valence-corrected chi connectivity index (χ1v) is 6.76. The number of amides is 1. The molecule has 1 aromatic rings. The van der Waals surface area contributed by atoms with Crippen LogP contribution in [0.25, 0.3) is 0 Å². The Morgan fingerprint density at radius 2 is 2.15 bits per heavy atom. The normalized spacial score (nSPS) is 10.3. The largest absolute Gasteiger partial charge is 0.386 e. The highest BCUT2D eigenvalue weighted by Crippen LogP contribution is 2.11. The molecule has 1 aromatic heterocycles. The van der Waals surface area contributed by atoms with Crippen molar-refractivity contribution in [3.63, 3.8) is 0 Å². The molecule has 6 heteroatoms. The van der Waals surface area contributed by atoms with Crippen LogP contribution in [0.5, 0.6) is 0 Å². The van der Waals surface area contributed by atoms with Crippen molar-refractivity contribution in [3.8, 4) is 0 Å². The van der Waals surface area contributed by atoms with E-state index in [1.165, 1.54) is 0 Å². The number of nitrogens with zero attached hydrogens (tertiary/aromatic N) is 1. The number of aromatic nitrogens is 1. The lowest BCUT2D eigenvalue weighted by molar-refractivity contribution is 0.0686. The molecule has 0 aliphatic heterocycles. The first-order chi connectivity index (χ1) is 9.79. The molecule has 0 saturated heterocycles. The van der Waals surface area contributed by atoms with Gasteiger partial charge in [0.15, 0.2) is 0 Å². The van der Waals surface area contributed by atoms with E-state index < -0.39 is 0 Å². The number of methoxy groups -OCH3 is 1. The van der Waals surface area contributed by atoms with E-state index in [1.807, 2.05) is 0 Å². The van der Waals surface area contributed by atoms with E-state index in [-0.39, 0.29) is 5.91 Å². The first kappa shape index (κ1) is 16.4. The van der Waals surface area contributed by atoms with Crippen LogP contribution in [0.4, 0.5) is 5.69 Å². The van der Waals surface area contributed by atoms with Gasteiger partial charge in [-0.15, -0.1) is 0 Å². The van der Waals surface area contributed by atoms with Gasteiger partial charge in [-0.3, -0.25) is 9.78 Å². The highest BCUT2D eigenvalue weighted by molar-refractivity contribution is 5.99. The van der Waals surface area contributed by atoms with Crippen LogP contribution < -0.4 is 10.6 Å². The Morgan fingerprint density at radius 1 is 1.30 bits per heavy atom. The number of rotatable bonds is 10. The Labute approximate surface area is 119 Å². The summed E-state index contributed by atoms with van der Waals surface area (Å²) in [4.78, 5) is 15.9. The van der Waals surface area contributed by atoms with Crippen molar-refractivity contribution in [2.45, 2.75) is 12.8 Å². The minimum absolute atomic E-state index is 0.0861. The molecule has 0 bridgehead atoms. The molecule has 6 nitrogen and oxygen atoms in total. The number of carbonyl (C=O) groups is 1. The molecule has 0 atom stereocenters. The molecule has 0 unspecified atom stereocenters. The van der Waals surface area contributed by atoms with Crippen LogP contribution >= 0.6 is 0 Å². The molecule has 1 amide bonds. The summed E-state index contributed by atoms with van der Waals surface area (Å²) >= 11 is 0. The van der Waals surface area contributed by atoms with E-state index in [1.54, 1.807) is 32.6 Å². The second kappa shape index (κ2) is 10.2. The summed E-state index contributed by atoms with van der Waals surface area (Å²) in [6.45, 7) is 2.56. The zero-order valence-electron chi connectivity index (χ0n) is 12.1. The van der Waals surface area contributed by atoms with Gasteiger partial charge in [0.1, 0.15) is 0 Å². The van der Waals surface area contributed by atoms with Crippen LogP contribution in [0.3, 0.4) is 0 Å². The van der Waals surface area contributed by atoms with E-state index in [0.717, 1.165) is 18.5 Å². The Morgan fingerprint density at radius 3 is 2.90 bits per heavy atom. The minimum atomic E-state index is -0.0861. The summed E-state index contributed by atoms with van der Waals surface area (Å²) in [6.07, 6.45) is 5.05. The molecule has 112 valence electrons. The zero-order chi connectivity index (χ0) is 14.6. The van der Waals surface area contributed by atoms with Gasteiger partial charge in [0, 0.05) is 33.5 Å². The smallest absolute Gasteiger partial charge is 0.253 e. The molecule has 0 aromatic carbocycles. The number of ether oxygens (including phenoxy) is 2. The molecule has 0 radical (unpaired) electrons. The number of hydrogen-bond donors (Lipinski definition) is 2. The maximum atomic E-state index is 12.0. The molecule has 0 fully saturated rings. The molecule has 0 aliphatic carbocycles. The summed E-state index contributed by atoms with van der Waals surface area (Å²) in [5, 5.41) is 5.84. The summed E-state index contributed by atoms with van der Waals surface area (Å²) in [7, 11) is 3.42. The van der Waals surface area contributed by atoms with E-state index in [9.17, 15) is 4.79 Å². The lowest BCUT2D eigenvalue weighted by atomic mass is 10.2. The Kier molecular flexibility index (Phi) is 8.33. The van der Waals surface area contributed by atoms with Gasteiger partial charge < -0.3 is 20.1 Å².